The van der Waals surface area contributed by atoms with E-state index in [0.717, 1.165) is 12.8 Å². The molecule has 0 saturated heterocycles. The normalized spacial score (nSPS) is 11.8. The Hall–Kier alpha value is -0.980. The lowest BCUT2D eigenvalue weighted by Crippen LogP contribution is -2.06. The van der Waals surface area contributed by atoms with E-state index in [1.165, 1.54) is 64.2 Å². The lowest BCUT2D eigenvalue weighted by atomic mass is 10.1. The average Bonchev–Trinajstić information content (AvgIpc) is 2.53. The second kappa shape index (κ2) is 18.1. The third kappa shape index (κ3) is 15.4. The summed E-state index contributed by atoms with van der Waals surface area (Å²) in [7, 11) is 0. The van der Waals surface area contributed by atoms with Crippen molar-refractivity contribution >= 4 is 0 Å². The van der Waals surface area contributed by atoms with E-state index in [0.29, 0.717) is 0 Å². The SMILES string of the molecule is C=COC(C/C=C\CCCCCC)C/C=C\CCCCCC. The number of ether oxygens (including phenoxy) is 1. The topological polar surface area (TPSA) is 9.23 Å². The lowest BCUT2D eigenvalue weighted by molar-refractivity contribution is 0.150. The van der Waals surface area contributed by atoms with Crippen LogP contribution in [0.15, 0.2) is 37.1 Å². The zero-order valence-electron chi connectivity index (χ0n) is 15.1. The first kappa shape index (κ1) is 21.0. The van der Waals surface area contributed by atoms with Crippen LogP contribution in [-0.2, 0) is 4.74 Å². The molecule has 0 unspecified atom stereocenters. The van der Waals surface area contributed by atoms with Crippen molar-refractivity contribution in [2.45, 2.75) is 97.0 Å². The summed E-state index contributed by atoms with van der Waals surface area (Å²) in [5.74, 6) is 0. The van der Waals surface area contributed by atoms with Gasteiger partial charge in [-0.2, -0.15) is 0 Å². The summed E-state index contributed by atoms with van der Waals surface area (Å²) in [5, 5.41) is 0. The highest BCUT2D eigenvalue weighted by atomic mass is 16.5. The standard InChI is InChI=1S/C21H38O/c1-4-7-9-11-13-15-17-19-21(22-6-3)20-18-16-14-12-10-8-5-2/h6,15-18,21H,3-5,7-14,19-20H2,1-2H3/b17-15-,18-16-. The summed E-state index contributed by atoms with van der Waals surface area (Å²) in [5.41, 5.74) is 0. The summed E-state index contributed by atoms with van der Waals surface area (Å²) in [4.78, 5) is 0. The van der Waals surface area contributed by atoms with Gasteiger partial charge < -0.3 is 4.74 Å². The highest BCUT2D eigenvalue weighted by molar-refractivity contribution is 4.90. The van der Waals surface area contributed by atoms with Crippen LogP contribution in [0.2, 0.25) is 0 Å². The van der Waals surface area contributed by atoms with E-state index in [4.69, 9.17) is 4.74 Å². The van der Waals surface area contributed by atoms with Gasteiger partial charge in [-0.05, 0) is 25.7 Å². The van der Waals surface area contributed by atoms with Gasteiger partial charge in [-0.3, -0.25) is 0 Å². The third-order valence-corrected chi connectivity index (χ3v) is 3.87. The molecule has 0 atom stereocenters. The van der Waals surface area contributed by atoms with Gasteiger partial charge in [0.2, 0.25) is 0 Å². The number of unbranched alkanes of at least 4 members (excludes halogenated alkanes) is 8. The fourth-order valence-corrected chi connectivity index (χ4v) is 2.45. The Morgan fingerprint density at radius 3 is 1.64 bits per heavy atom. The van der Waals surface area contributed by atoms with Crippen LogP contribution in [0.5, 0.6) is 0 Å². The maximum atomic E-state index is 5.59. The Bertz CT molecular complexity index is 254. The minimum atomic E-state index is 0.247. The Kier molecular flexibility index (Phi) is 17.3. The minimum absolute atomic E-state index is 0.247. The van der Waals surface area contributed by atoms with Crippen LogP contribution in [-0.4, -0.2) is 6.10 Å². The van der Waals surface area contributed by atoms with Gasteiger partial charge in [0.25, 0.3) is 0 Å². The van der Waals surface area contributed by atoms with Crippen molar-refractivity contribution < 1.29 is 4.74 Å². The van der Waals surface area contributed by atoms with Crippen LogP contribution >= 0.6 is 0 Å². The van der Waals surface area contributed by atoms with Crippen molar-refractivity contribution in [2.24, 2.45) is 0 Å². The molecule has 0 fully saturated rings. The van der Waals surface area contributed by atoms with Crippen LogP contribution in [0.25, 0.3) is 0 Å². The molecule has 0 amide bonds. The van der Waals surface area contributed by atoms with E-state index in [2.05, 4.69) is 44.7 Å². The first-order valence-electron chi connectivity index (χ1n) is 9.41. The maximum absolute atomic E-state index is 5.59. The molecule has 0 heterocycles. The van der Waals surface area contributed by atoms with E-state index in [1.807, 2.05) is 0 Å². The van der Waals surface area contributed by atoms with Crippen molar-refractivity contribution in [3.63, 3.8) is 0 Å². The highest BCUT2D eigenvalue weighted by Gasteiger charge is 2.02. The summed E-state index contributed by atoms with van der Waals surface area (Å²) in [6.45, 7) is 8.20. The smallest absolute Gasteiger partial charge is 0.105 e. The van der Waals surface area contributed by atoms with Crippen molar-refractivity contribution in [2.75, 3.05) is 0 Å². The largest absolute Gasteiger partial charge is 0.498 e. The molecule has 1 heteroatoms. The first-order chi connectivity index (χ1) is 10.8. The molecule has 0 aromatic carbocycles. The monoisotopic (exact) mass is 306 g/mol. The van der Waals surface area contributed by atoms with Gasteiger partial charge in [-0.15, -0.1) is 0 Å². The zero-order valence-corrected chi connectivity index (χ0v) is 15.1. The molecule has 0 aliphatic carbocycles. The Balaban J connectivity index is 3.73. The molecule has 0 rings (SSSR count). The number of hydrogen-bond acceptors (Lipinski definition) is 1. The van der Waals surface area contributed by atoms with Gasteiger partial charge in [-0.25, -0.2) is 0 Å². The molecule has 0 bridgehead atoms. The molecule has 0 saturated carbocycles. The predicted octanol–water partition coefficient (Wildman–Crippen LogP) is 7.35. The Labute approximate surface area is 139 Å². The minimum Gasteiger partial charge on any atom is -0.498 e. The summed E-state index contributed by atoms with van der Waals surface area (Å²) in [6.07, 6.45) is 26.0. The van der Waals surface area contributed by atoms with Gasteiger partial charge >= 0.3 is 0 Å². The van der Waals surface area contributed by atoms with Gasteiger partial charge in [0.1, 0.15) is 6.10 Å². The van der Waals surface area contributed by atoms with E-state index in [-0.39, 0.29) is 6.10 Å². The zero-order chi connectivity index (χ0) is 16.3. The summed E-state index contributed by atoms with van der Waals surface area (Å²) >= 11 is 0. The molecule has 0 N–H and O–H groups in total. The number of rotatable bonds is 16. The van der Waals surface area contributed by atoms with E-state index >= 15 is 0 Å². The second-order valence-electron chi connectivity index (χ2n) is 6.04. The molecule has 0 aromatic heterocycles. The number of hydrogen-bond donors (Lipinski definition) is 0. The van der Waals surface area contributed by atoms with Crippen LogP contribution in [0.3, 0.4) is 0 Å². The Morgan fingerprint density at radius 1 is 0.727 bits per heavy atom. The molecule has 0 radical (unpaired) electrons. The third-order valence-electron chi connectivity index (χ3n) is 3.87. The first-order valence-corrected chi connectivity index (χ1v) is 9.41. The van der Waals surface area contributed by atoms with E-state index in [9.17, 15) is 0 Å². The van der Waals surface area contributed by atoms with Gasteiger partial charge in [-0.1, -0.05) is 83.3 Å². The van der Waals surface area contributed by atoms with Crippen LogP contribution < -0.4 is 0 Å². The quantitative estimate of drug-likeness (QED) is 0.164. The van der Waals surface area contributed by atoms with Crippen molar-refractivity contribution in [1.82, 2.24) is 0 Å². The maximum Gasteiger partial charge on any atom is 0.105 e. The molecule has 1 nitrogen and oxygen atoms in total. The van der Waals surface area contributed by atoms with Crippen molar-refractivity contribution in [3.8, 4) is 0 Å². The van der Waals surface area contributed by atoms with Crippen LogP contribution in [0, 0.1) is 0 Å². The molecule has 128 valence electrons. The van der Waals surface area contributed by atoms with E-state index in [1.54, 1.807) is 6.26 Å². The summed E-state index contributed by atoms with van der Waals surface area (Å²) < 4.78 is 5.59. The average molecular weight is 307 g/mol. The fourth-order valence-electron chi connectivity index (χ4n) is 2.45. The molecule has 22 heavy (non-hydrogen) atoms. The lowest BCUT2D eigenvalue weighted by Gasteiger charge is -2.12. The highest BCUT2D eigenvalue weighted by Crippen LogP contribution is 2.10. The fraction of sp³-hybridized carbons (Fsp3) is 0.714. The molecular weight excluding hydrogens is 268 g/mol. The van der Waals surface area contributed by atoms with Crippen LogP contribution in [0.1, 0.15) is 90.9 Å². The molecule has 0 aliphatic rings. The summed E-state index contributed by atoms with van der Waals surface area (Å²) in [6, 6.07) is 0. The molecule has 0 aromatic rings. The van der Waals surface area contributed by atoms with Crippen molar-refractivity contribution in [1.29, 1.82) is 0 Å². The van der Waals surface area contributed by atoms with E-state index < -0.39 is 0 Å². The second-order valence-corrected chi connectivity index (χ2v) is 6.04. The number of allylic oxidation sites excluding steroid dienone is 2. The van der Waals surface area contributed by atoms with Crippen LogP contribution in [0.4, 0.5) is 0 Å². The van der Waals surface area contributed by atoms with Gasteiger partial charge in [0.05, 0.1) is 6.26 Å². The molecule has 0 aliphatic heterocycles. The van der Waals surface area contributed by atoms with Gasteiger partial charge in [0.15, 0.2) is 0 Å². The van der Waals surface area contributed by atoms with Crippen molar-refractivity contribution in [3.05, 3.63) is 37.1 Å². The van der Waals surface area contributed by atoms with Gasteiger partial charge in [0, 0.05) is 12.8 Å². The molecular formula is C21H38O. The predicted molar refractivity (Wildman–Crippen MR) is 100 cm³/mol. The Morgan fingerprint density at radius 2 is 1.23 bits per heavy atom. The molecule has 0 spiro atoms.